The molecule has 0 bridgehead atoms. The highest BCUT2D eigenvalue weighted by atomic mass is 19.1. The summed E-state index contributed by atoms with van der Waals surface area (Å²) in [6.45, 7) is 5.27. The molecule has 2 heterocycles. The molecule has 1 aliphatic rings. The van der Waals surface area contributed by atoms with Crippen LogP contribution in [0.25, 0.3) is 10.9 Å². The first-order valence-corrected chi connectivity index (χ1v) is 10.4. The second-order valence-electron chi connectivity index (χ2n) is 7.65. The second-order valence-corrected chi connectivity index (χ2v) is 7.65. The molecule has 3 aromatic rings. The molecule has 1 fully saturated rings. The quantitative estimate of drug-likeness (QED) is 0.575. The summed E-state index contributed by atoms with van der Waals surface area (Å²) >= 11 is 0. The van der Waals surface area contributed by atoms with Crippen LogP contribution in [0, 0.1) is 5.82 Å². The summed E-state index contributed by atoms with van der Waals surface area (Å²) in [5.74, 6) is 1.78. The fraction of sp³-hybridized carbons (Fsp3) is 0.375. The lowest BCUT2D eigenvalue weighted by Gasteiger charge is -2.35. The van der Waals surface area contributed by atoms with Crippen LogP contribution in [0.1, 0.15) is 11.1 Å². The van der Waals surface area contributed by atoms with Crippen molar-refractivity contribution in [2.45, 2.75) is 13.1 Å². The van der Waals surface area contributed by atoms with Crippen molar-refractivity contribution in [3.63, 3.8) is 0 Å². The van der Waals surface area contributed by atoms with Crippen LogP contribution < -0.4 is 14.2 Å². The lowest BCUT2D eigenvalue weighted by Crippen LogP contribution is -2.45. The molecule has 1 saturated heterocycles. The highest BCUT2D eigenvalue weighted by Gasteiger charge is 2.22. The summed E-state index contributed by atoms with van der Waals surface area (Å²) in [6, 6.07) is 10.9. The maximum atomic E-state index is 14.1. The van der Waals surface area contributed by atoms with Crippen LogP contribution in [0.3, 0.4) is 0 Å². The van der Waals surface area contributed by atoms with Gasteiger partial charge in [0.1, 0.15) is 5.82 Å². The van der Waals surface area contributed by atoms with Gasteiger partial charge in [0.2, 0.25) is 5.75 Å². The molecular formula is C24H28FN3O3. The number of fused-ring (bicyclic) bond motifs is 1. The zero-order valence-electron chi connectivity index (χ0n) is 18.2. The van der Waals surface area contributed by atoms with Gasteiger partial charge in [0, 0.05) is 56.4 Å². The molecule has 6 nitrogen and oxygen atoms in total. The van der Waals surface area contributed by atoms with Crippen LogP contribution in [0.15, 0.2) is 42.6 Å². The third kappa shape index (κ3) is 4.43. The van der Waals surface area contributed by atoms with Crippen LogP contribution in [-0.4, -0.2) is 62.3 Å². The van der Waals surface area contributed by atoms with E-state index in [1.807, 2.05) is 18.2 Å². The summed E-state index contributed by atoms with van der Waals surface area (Å²) in [5.41, 5.74) is 2.88. The Kier molecular flexibility index (Phi) is 6.53. The molecule has 0 atom stereocenters. The molecule has 0 N–H and O–H groups in total. The molecule has 31 heavy (non-hydrogen) atoms. The van der Waals surface area contributed by atoms with Gasteiger partial charge in [-0.25, -0.2) is 4.39 Å². The van der Waals surface area contributed by atoms with Gasteiger partial charge in [0.25, 0.3) is 0 Å². The number of benzene rings is 2. The number of rotatable bonds is 7. The number of methoxy groups -OCH3 is 3. The Bertz CT molecular complexity index is 1050. The Balaban J connectivity index is 1.42. The van der Waals surface area contributed by atoms with Gasteiger partial charge < -0.3 is 14.2 Å². The second kappa shape index (κ2) is 9.49. The largest absolute Gasteiger partial charge is 0.493 e. The van der Waals surface area contributed by atoms with E-state index in [4.69, 9.17) is 14.2 Å². The molecule has 0 saturated carbocycles. The number of ether oxygens (including phenoxy) is 3. The smallest absolute Gasteiger partial charge is 0.203 e. The maximum Gasteiger partial charge on any atom is 0.203 e. The van der Waals surface area contributed by atoms with Gasteiger partial charge in [-0.05, 0) is 29.8 Å². The van der Waals surface area contributed by atoms with Crippen molar-refractivity contribution in [2.24, 2.45) is 0 Å². The third-order valence-corrected chi connectivity index (χ3v) is 5.84. The zero-order chi connectivity index (χ0) is 21.8. The average Bonchev–Trinajstić information content (AvgIpc) is 2.81. The number of pyridine rings is 1. The van der Waals surface area contributed by atoms with Crippen LogP contribution >= 0.6 is 0 Å². The molecule has 1 aromatic heterocycles. The van der Waals surface area contributed by atoms with Crippen LogP contribution in [-0.2, 0) is 13.1 Å². The molecular weight excluding hydrogens is 397 g/mol. The van der Waals surface area contributed by atoms with E-state index < -0.39 is 0 Å². The molecule has 0 amide bonds. The lowest BCUT2D eigenvalue weighted by atomic mass is 10.1. The summed E-state index contributed by atoms with van der Waals surface area (Å²) in [7, 11) is 4.90. The molecule has 164 valence electrons. The standard InChI is InChI=1S/C24H28FN3O3/c1-29-21-9-7-18(23(30-2)24(21)31-3)16-28-13-11-27(12-14-28)15-17-6-8-20(25)19-5-4-10-26-22(17)19/h4-10H,11-16H2,1-3H3. The minimum Gasteiger partial charge on any atom is -0.493 e. The van der Waals surface area contributed by atoms with Gasteiger partial charge in [-0.3, -0.25) is 14.8 Å². The molecule has 2 aromatic carbocycles. The summed E-state index contributed by atoms with van der Waals surface area (Å²) < 4.78 is 30.6. The molecule has 4 rings (SSSR count). The van der Waals surface area contributed by atoms with E-state index in [9.17, 15) is 4.39 Å². The highest BCUT2D eigenvalue weighted by molar-refractivity contribution is 5.82. The van der Waals surface area contributed by atoms with Gasteiger partial charge in [-0.1, -0.05) is 12.1 Å². The van der Waals surface area contributed by atoms with Crippen LogP contribution in [0.2, 0.25) is 0 Å². The van der Waals surface area contributed by atoms with Gasteiger partial charge >= 0.3 is 0 Å². The molecule has 0 unspecified atom stereocenters. The number of aromatic nitrogens is 1. The summed E-state index contributed by atoms with van der Waals surface area (Å²) in [5, 5.41) is 0.583. The van der Waals surface area contributed by atoms with Crippen molar-refractivity contribution >= 4 is 10.9 Å². The molecule has 0 radical (unpaired) electrons. The first-order valence-electron chi connectivity index (χ1n) is 10.4. The van der Waals surface area contributed by atoms with Crippen molar-refractivity contribution in [2.75, 3.05) is 47.5 Å². The Labute approximate surface area is 182 Å². The van der Waals surface area contributed by atoms with Crippen molar-refractivity contribution in [1.29, 1.82) is 0 Å². The fourth-order valence-corrected chi connectivity index (χ4v) is 4.20. The lowest BCUT2D eigenvalue weighted by molar-refractivity contribution is 0.121. The summed E-state index contributed by atoms with van der Waals surface area (Å²) in [4.78, 5) is 9.21. The number of piperazine rings is 1. The van der Waals surface area contributed by atoms with E-state index in [-0.39, 0.29) is 5.82 Å². The number of hydrogen-bond donors (Lipinski definition) is 0. The third-order valence-electron chi connectivity index (χ3n) is 5.84. The van der Waals surface area contributed by atoms with Gasteiger partial charge in [-0.2, -0.15) is 0 Å². The number of nitrogens with zero attached hydrogens (tertiary/aromatic N) is 3. The van der Waals surface area contributed by atoms with Crippen molar-refractivity contribution in [1.82, 2.24) is 14.8 Å². The van der Waals surface area contributed by atoms with E-state index in [0.29, 0.717) is 22.6 Å². The minimum atomic E-state index is -0.222. The average molecular weight is 426 g/mol. The van der Waals surface area contributed by atoms with E-state index >= 15 is 0 Å². The predicted octanol–water partition coefficient (Wildman–Crippen LogP) is 3.72. The van der Waals surface area contributed by atoms with Crippen molar-refractivity contribution in [3.8, 4) is 17.2 Å². The van der Waals surface area contributed by atoms with Crippen LogP contribution in [0.4, 0.5) is 4.39 Å². The highest BCUT2D eigenvalue weighted by Crippen LogP contribution is 2.40. The Morgan fingerprint density at radius 1 is 0.806 bits per heavy atom. The first kappa shape index (κ1) is 21.3. The Morgan fingerprint density at radius 2 is 1.45 bits per heavy atom. The van der Waals surface area contributed by atoms with E-state index in [2.05, 4.69) is 14.8 Å². The van der Waals surface area contributed by atoms with Crippen molar-refractivity contribution < 1.29 is 18.6 Å². The van der Waals surface area contributed by atoms with Gasteiger partial charge in [-0.15, -0.1) is 0 Å². The minimum absolute atomic E-state index is 0.222. The number of hydrogen-bond acceptors (Lipinski definition) is 6. The van der Waals surface area contributed by atoms with E-state index in [0.717, 1.165) is 55.9 Å². The molecule has 0 aliphatic carbocycles. The Hall–Kier alpha value is -2.90. The Morgan fingerprint density at radius 3 is 2.10 bits per heavy atom. The number of halogens is 1. The molecule has 0 spiro atoms. The topological polar surface area (TPSA) is 47.1 Å². The monoisotopic (exact) mass is 425 g/mol. The summed E-state index contributed by atoms with van der Waals surface area (Å²) in [6.07, 6.45) is 1.72. The SMILES string of the molecule is COc1ccc(CN2CCN(Cc3ccc(F)c4cccnc34)CC2)c(OC)c1OC. The van der Waals surface area contributed by atoms with Gasteiger partial charge in [0.15, 0.2) is 11.5 Å². The van der Waals surface area contributed by atoms with Crippen molar-refractivity contribution in [3.05, 3.63) is 59.5 Å². The normalized spacial score (nSPS) is 15.2. The molecule has 1 aliphatic heterocycles. The first-order chi connectivity index (χ1) is 15.1. The van der Waals surface area contributed by atoms with Crippen LogP contribution in [0.5, 0.6) is 17.2 Å². The predicted molar refractivity (Wildman–Crippen MR) is 118 cm³/mol. The fourth-order valence-electron chi connectivity index (χ4n) is 4.20. The van der Waals surface area contributed by atoms with Gasteiger partial charge in [0.05, 0.1) is 26.8 Å². The van der Waals surface area contributed by atoms with E-state index in [1.165, 1.54) is 0 Å². The van der Waals surface area contributed by atoms with E-state index in [1.54, 1.807) is 45.7 Å². The molecule has 7 heteroatoms. The zero-order valence-corrected chi connectivity index (χ0v) is 18.2. The maximum absolute atomic E-state index is 14.1.